The molecule has 0 spiro atoms. The van der Waals surface area contributed by atoms with Gasteiger partial charge < -0.3 is 0 Å². The van der Waals surface area contributed by atoms with E-state index in [4.69, 9.17) is 0 Å². The van der Waals surface area contributed by atoms with Crippen LogP contribution in [-0.4, -0.2) is 34.4 Å². The Bertz CT molecular complexity index is 173. The minimum Gasteiger partial charge on any atom is -0.248 e. The maximum Gasteiger partial charge on any atom is 0.162 e. The molecule has 0 bridgehead atoms. The van der Waals surface area contributed by atoms with Crippen LogP contribution in [0, 0.1) is 0 Å². The summed E-state index contributed by atoms with van der Waals surface area (Å²) in [6.45, 7) is 0. The van der Waals surface area contributed by atoms with E-state index in [9.17, 15) is 0 Å². The summed E-state index contributed by atoms with van der Waals surface area (Å²) < 4.78 is 4.63. The predicted molar refractivity (Wildman–Crippen MR) is 38.6 cm³/mol. The highest BCUT2D eigenvalue weighted by Gasteiger charge is 1.97. The van der Waals surface area contributed by atoms with Gasteiger partial charge in [0.15, 0.2) is 6.33 Å². The van der Waals surface area contributed by atoms with E-state index < -0.39 is 0 Å². The highest BCUT2D eigenvalue weighted by atomic mass is 32.2. The van der Waals surface area contributed by atoms with E-state index in [1.54, 1.807) is 4.41 Å². The van der Waals surface area contributed by atoms with Crippen molar-refractivity contribution in [3.05, 3.63) is 6.33 Å². The van der Waals surface area contributed by atoms with Crippen molar-refractivity contribution in [3.63, 3.8) is 0 Å². The van der Waals surface area contributed by atoms with Crippen molar-refractivity contribution in [3.8, 4) is 0 Å². The van der Waals surface area contributed by atoms with Crippen molar-refractivity contribution in [1.29, 1.82) is 0 Å². The number of hydrogen-bond acceptors (Lipinski definition) is 6. The average molecular weight is 160 g/mol. The molecular formula is C3H8N6S. The van der Waals surface area contributed by atoms with E-state index >= 15 is 0 Å². The second-order valence-corrected chi connectivity index (χ2v) is 2.61. The van der Waals surface area contributed by atoms with E-state index in [0.717, 1.165) is 0 Å². The van der Waals surface area contributed by atoms with E-state index in [2.05, 4.69) is 20.2 Å². The van der Waals surface area contributed by atoms with Gasteiger partial charge in [0.05, 0.1) is 12.1 Å². The molecule has 0 aromatic carbocycles. The first-order valence-electron chi connectivity index (χ1n) is 2.65. The maximum absolute atomic E-state index is 3.66. The highest BCUT2D eigenvalue weighted by molar-refractivity contribution is 7.98. The molecule has 0 amide bonds. The Kier molecular flexibility index (Phi) is 2.46. The topological polar surface area (TPSA) is 58.9 Å². The molecule has 10 heavy (non-hydrogen) atoms. The number of rotatable bonds is 3. The third-order valence-corrected chi connectivity index (χ3v) is 1.46. The molecule has 1 heterocycles. The number of hydrogen-bond donors (Lipinski definition) is 1. The molecule has 7 heteroatoms. The van der Waals surface area contributed by atoms with Crippen molar-refractivity contribution in [2.45, 2.75) is 0 Å². The Labute approximate surface area is 62.8 Å². The maximum atomic E-state index is 3.66. The molecule has 0 saturated heterocycles. The van der Waals surface area contributed by atoms with Crippen LogP contribution in [0.2, 0.25) is 0 Å². The first-order chi connectivity index (χ1) is 4.84. The van der Waals surface area contributed by atoms with Crippen LogP contribution in [0.1, 0.15) is 0 Å². The Morgan fingerprint density at radius 3 is 3.00 bits per heavy atom. The lowest BCUT2D eigenvalue weighted by molar-refractivity contribution is 0.671. The summed E-state index contributed by atoms with van der Waals surface area (Å²) in [5.41, 5.74) is 0. The van der Waals surface area contributed by atoms with Gasteiger partial charge in [-0.1, -0.05) is 0 Å². The Hall–Kier alpha value is -0.820. The zero-order chi connectivity index (χ0) is 7.40. The standard InChI is InChI=1S/C3H8N6S/c1-4-10-8(2)9-3-5-6-7-9/h3-4H,1-2H3. The first-order valence-corrected chi connectivity index (χ1v) is 3.42. The monoisotopic (exact) mass is 160 g/mol. The molecule has 0 aliphatic carbocycles. The molecule has 0 radical (unpaired) electrons. The van der Waals surface area contributed by atoms with Gasteiger partial charge in [0.2, 0.25) is 0 Å². The van der Waals surface area contributed by atoms with Crippen molar-refractivity contribution >= 4 is 12.1 Å². The minimum absolute atomic E-state index is 1.39. The molecule has 0 aliphatic heterocycles. The second-order valence-electron chi connectivity index (χ2n) is 1.49. The number of tetrazole rings is 1. The summed E-state index contributed by atoms with van der Waals surface area (Å²) in [4.78, 5) is 1.52. The van der Waals surface area contributed by atoms with Crippen LogP contribution in [0.4, 0.5) is 0 Å². The molecule has 6 nitrogen and oxygen atoms in total. The van der Waals surface area contributed by atoms with Crippen LogP contribution >= 0.6 is 12.1 Å². The molecule has 0 fully saturated rings. The quantitative estimate of drug-likeness (QED) is 0.574. The molecule has 0 saturated carbocycles. The molecule has 56 valence electrons. The summed E-state index contributed by atoms with van der Waals surface area (Å²) in [6, 6.07) is 0. The van der Waals surface area contributed by atoms with Crippen LogP contribution in [0.3, 0.4) is 0 Å². The smallest absolute Gasteiger partial charge is 0.162 e. The van der Waals surface area contributed by atoms with Gasteiger partial charge in [0.1, 0.15) is 0 Å². The lowest BCUT2D eigenvalue weighted by Gasteiger charge is -2.13. The van der Waals surface area contributed by atoms with Gasteiger partial charge in [-0.2, -0.15) is 0 Å². The average Bonchev–Trinajstić information content (AvgIpc) is 2.38. The predicted octanol–water partition coefficient (Wildman–Crippen LogP) is -0.977. The molecule has 0 unspecified atom stereocenters. The van der Waals surface area contributed by atoms with Crippen molar-refractivity contribution in [2.75, 3.05) is 18.5 Å². The molecule has 1 rings (SSSR count). The third kappa shape index (κ3) is 1.58. The van der Waals surface area contributed by atoms with Gasteiger partial charge >= 0.3 is 0 Å². The lowest BCUT2D eigenvalue weighted by Crippen LogP contribution is -2.26. The van der Waals surface area contributed by atoms with Gasteiger partial charge in [0, 0.05) is 7.05 Å². The number of nitrogens with zero attached hydrogens (tertiary/aromatic N) is 5. The summed E-state index contributed by atoms with van der Waals surface area (Å²) in [5.74, 6) is 0. The van der Waals surface area contributed by atoms with Crippen molar-refractivity contribution < 1.29 is 0 Å². The first kappa shape index (κ1) is 7.29. The number of nitrogens with one attached hydrogen (secondary N) is 1. The van der Waals surface area contributed by atoms with Gasteiger partial charge in [-0.15, -0.1) is 9.89 Å². The minimum atomic E-state index is 1.39. The molecule has 1 N–H and O–H groups in total. The Balaban J connectivity index is 2.50. The molecule has 1 aromatic heterocycles. The van der Waals surface area contributed by atoms with E-state index in [0.29, 0.717) is 0 Å². The second kappa shape index (κ2) is 3.37. The van der Waals surface area contributed by atoms with Crippen LogP contribution in [0.25, 0.3) is 0 Å². The normalized spacial score (nSPS) is 9.80. The van der Waals surface area contributed by atoms with Gasteiger partial charge in [-0.25, -0.2) is 9.14 Å². The Morgan fingerprint density at radius 2 is 2.50 bits per heavy atom. The molecular weight excluding hydrogens is 152 g/mol. The van der Waals surface area contributed by atoms with Gasteiger partial charge in [-0.3, -0.25) is 0 Å². The zero-order valence-corrected chi connectivity index (χ0v) is 6.54. The fourth-order valence-electron chi connectivity index (χ4n) is 0.459. The summed E-state index contributed by atoms with van der Waals surface area (Å²) >= 11 is 1.39. The summed E-state index contributed by atoms with van der Waals surface area (Å²) in [5, 5.41) is 10.6. The fraction of sp³-hybridized carbons (Fsp3) is 0.667. The van der Waals surface area contributed by atoms with Crippen molar-refractivity contribution in [2.24, 2.45) is 0 Å². The summed E-state index contributed by atoms with van der Waals surface area (Å²) in [6.07, 6.45) is 1.52. The summed E-state index contributed by atoms with van der Waals surface area (Å²) in [7, 11) is 3.67. The van der Waals surface area contributed by atoms with Crippen LogP contribution in [0.5, 0.6) is 0 Å². The SMILES string of the molecule is CNSN(C)n1cnnn1. The van der Waals surface area contributed by atoms with Crippen molar-refractivity contribution in [1.82, 2.24) is 25.0 Å². The Morgan fingerprint density at radius 1 is 1.70 bits per heavy atom. The fourth-order valence-corrected chi connectivity index (χ4v) is 0.882. The number of aromatic nitrogens is 4. The van der Waals surface area contributed by atoms with Gasteiger partial charge in [0.25, 0.3) is 0 Å². The molecule has 0 aliphatic rings. The van der Waals surface area contributed by atoms with E-state index in [1.807, 2.05) is 14.1 Å². The van der Waals surface area contributed by atoms with Crippen LogP contribution < -0.4 is 9.14 Å². The van der Waals surface area contributed by atoms with E-state index in [1.165, 1.54) is 23.3 Å². The van der Waals surface area contributed by atoms with E-state index in [-0.39, 0.29) is 0 Å². The van der Waals surface area contributed by atoms with Gasteiger partial charge in [-0.05, 0) is 17.5 Å². The molecule has 0 atom stereocenters. The lowest BCUT2D eigenvalue weighted by atomic mass is 11.3. The van der Waals surface area contributed by atoms with Crippen LogP contribution in [0.15, 0.2) is 6.33 Å². The highest BCUT2D eigenvalue weighted by Crippen LogP contribution is 1.94. The zero-order valence-electron chi connectivity index (χ0n) is 5.72. The van der Waals surface area contributed by atoms with Crippen LogP contribution in [-0.2, 0) is 0 Å². The largest absolute Gasteiger partial charge is 0.248 e. The molecule has 1 aromatic rings. The third-order valence-electron chi connectivity index (χ3n) is 0.850.